The van der Waals surface area contributed by atoms with Gasteiger partial charge in [-0.15, -0.1) is 0 Å². The highest BCUT2D eigenvalue weighted by atomic mass is 18.2. The number of halogens is 1. The molecule has 0 spiro atoms. The normalized spacial score (nSPS) is 16.8. The second-order valence-corrected chi connectivity index (χ2v) is 5.74. The van der Waals surface area contributed by atoms with Crippen molar-refractivity contribution in [3.63, 3.8) is 0 Å². The van der Waals surface area contributed by atoms with Crippen molar-refractivity contribution >= 4 is 5.91 Å². The molecule has 6 heteroatoms. The van der Waals surface area contributed by atoms with Crippen molar-refractivity contribution in [2.75, 3.05) is 34.0 Å². The first-order chi connectivity index (χ1) is 11.6. The van der Waals surface area contributed by atoms with Crippen LogP contribution in [0.5, 0.6) is 11.5 Å². The van der Waals surface area contributed by atoms with Crippen LogP contribution >= 0.6 is 0 Å². The number of carbonyl (C=O) groups is 1. The van der Waals surface area contributed by atoms with Gasteiger partial charge in [-0.3, -0.25) is 9.18 Å². The number of aryl methyl sites for hydroxylation is 1. The molecule has 1 heterocycles. The Morgan fingerprint density at radius 2 is 2.25 bits per heavy atom. The van der Waals surface area contributed by atoms with Gasteiger partial charge < -0.3 is 19.7 Å². The quantitative estimate of drug-likeness (QED) is 0.793. The number of benzene rings is 1. The average molecular weight is 335 g/mol. The van der Waals surface area contributed by atoms with Gasteiger partial charge in [-0.05, 0) is 36.7 Å². The van der Waals surface area contributed by atoms with Crippen molar-refractivity contribution in [3.8, 4) is 11.5 Å². The Hall–Kier alpha value is -2.24. The number of likely N-dealkylation sites (tertiary alicyclic amines) is 1. The number of nitrogens with zero attached hydrogens (tertiary/aromatic N) is 1. The summed E-state index contributed by atoms with van der Waals surface area (Å²) in [6.45, 7) is 4.81. The summed E-state index contributed by atoms with van der Waals surface area (Å²) in [5, 5.41) is 2.94. The lowest BCUT2D eigenvalue weighted by Crippen LogP contribution is -2.37. The van der Waals surface area contributed by atoms with Gasteiger partial charge in [0.2, 0.25) is 0 Å². The molecule has 1 aliphatic rings. The van der Waals surface area contributed by atoms with E-state index in [-0.39, 0.29) is 18.4 Å². The Morgan fingerprint density at radius 3 is 2.88 bits per heavy atom. The predicted molar refractivity (Wildman–Crippen MR) is 91.5 cm³/mol. The fourth-order valence-corrected chi connectivity index (χ4v) is 3.07. The van der Waals surface area contributed by atoms with Gasteiger partial charge in [0.05, 0.1) is 26.5 Å². The van der Waals surface area contributed by atoms with Gasteiger partial charge in [0, 0.05) is 25.6 Å². The molecule has 0 aromatic heterocycles. The fraction of sp³-hybridized carbons (Fsp3) is 0.500. The highest BCUT2D eigenvalue weighted by Gasteiger charge is 2.23. The first kappa shape index (κ1) is 18.1. The van der Waals surface area contributed by atoms with E-state index in [4.69, 9.17) is 9.47 Å². The van der Waals surface area contributed by atoms with Crippen molar-refractivity contribution < 1.29 is 18.7 Å². The van der Waals surface area contributed by atoms with Crippen LogP contribution in [-0.2, 0) is 6.42 Å². The van der Waals surface area contributed by atoms with Crippen molar-refractivity contribution in [2.24, 2.45) is 0 Å². The number of rotatable bonds is 8. The minimum Gasteiger partial charge on any atom is -0.493 e. The van der Waals surface area contributed by atoms with Gasteiger partial charge in [-0.25, -0.2) is 0 Å². The number of carbonyl (C=O) groups excluding carboxylic acids is 1. The number of hydrogen-bond acceptors (Lipinski definition) is 4. The molecule has 0 bridgehead atoms. The van der Waals surface area contributed by atoms with Crippen LogP contribution in [0.15, 0.2) is 24.9 Å². The van der Waals surface area contributed by atoms with E-state index in [1.807, 2.05) is 6.20 Å². The molecule has 5 nitrogen and oxygen atoms in total. The van der Waals surface area contributed by atoms with Crippen LogP contribution in [0.3, 0.4) is 0 Å². The third kappa shape index (κ3) is 3.99. The summed E-state index contributed by atoms with van der Waals surface area (Å²) in [7, 11) is 2.99. The summed E-state index contributed by atoms with van der Waals surface area (Å²) in [6, 6.07) is 3.62. The summed E-state index contributed by atoms with van der Waals surface area (Å²) in [6.07, 6.45) is 4.16. The monoisotopic (exact) mass is 335 g/mol. The largest absolute Gasteiger partial charge is 0.493 e. The Bertz CT molecular complexity index is 592. The number of nitrogens with one attached hydrogen (secondary N) is 1. The average Bonchev–Trinajstić information content (AvgIpc) is 3.06. The number of methoxy groups -OCH3 is 2. The van der Waals surface area contributed by atoms with Gasteiger partial charge in [0.15, 0.2) is 11.5 Å². The van der Waals surface area contributed by atoms with Gasteiger partial charge >= 0.3 is 0 Å². The Kier molecular flexibility index (Phi) is 6.46. The van der Waals surface area contributed by atoms with Crippen LogP contribution < -0.4 is 14.8 Å². The molecule has 24 heavy (non-hydrogen) atoms. The molecular formula is C18H25FN2O3. The molecule has 1 aromatic rings. The van der Waals surface area contributed by atoms with E-state index in [1.54, 1.807) is 12.1 Å². The lowest BCUT2D eigenvalue weighted by molar-refractivity contribution is 0.0941. The second-order valence-electron chi connectivity index (χ2n) is 5.74. The van der Waals surface area contributed by atoms with Gasteiger partial charge in [-0.2, -0.15) is 0 Å². The molecule has 0 saturated carbocycles. The molecule has 1 saturated heterocycles. The standard InChI is InChI=1S/C18H25FN2O3/c1-4-21-9-5-6-14(21)12-20-18(22)15-10-13(7-8-19)11-16(23-2)17(15)24-3/h4,10-11,14H,1,5-9,12H2,2-3H3,(H,20,22)/t14-/m0/s1/i19-1. The van der Waals surface area contributed by atoms with Crippen molar-refractivity contribution in [1.29, 1.82) is 0 Å². The smallest absolute Gasteiger partial charge is 0.255 e. The van der Waals surface area contributed by atoms with Gasteiger partial charge in [0.1, 0.15) is 0 Å². The first-order valence-corrected chi connectivity index (χ1v) is 8.12. The zero-order valence-corrected chi connectivity index (χ0v) is 14.3. The van der Waals surface area contributed by atoms with Gasteiger partial charge in [-0.1, -0.05) is 6.58 Å². The van der Waals surface area contributed by atoms with Crippen molar-refractivity contribution in [3.05, 3.63) is 36.0 Å². The molecule has 132 valence electrons. The third-order valence-electron chi connectivity index (χ3n) is 4.32. The van der Waals surface area contributed by atoms with Crippen LogP contribution in [0.2, 0.25) is 0 Å². The lowest BCUT2D eigenvalue weighted by atomic mass is 10.1. The third-order valence-corrected chi connectivity index (χ3v) is 4.32. The van der Waals surface area contributed by atoms with E-state index in [0.29, 0.717) is 29.2 Å². The zero-order valence-electron chi connectivity index (χ0n) is 14.3. The minimum atomic E-state index is -0.493. The summed E-state index contributed by atoms with van der Waals surface area (Å²) in [5.74, 6) is 0.550. The molecule has 1 aromatic carbocycles. The van der Waals surface area contributed by atoms with Crippen LogP contribution in [0, 0.1) is 0 Å². The van der Waals surface area contributed by atoms with E-state index in [9.17, 15) is 9.18 Å². The second kappa shape index (κ2) is 8.57. The van der Waals surface area contributed by atoms with Crippen molar-refractivity contribution in [1.82, 2.24) is 10.2 Å². The highest BCUT2D eigenvalue weighted by molar-refractivity contribution is 5.98. The number of ether oxygens (including phenoxy) is 2. The minimum absolute atomic E-state index is 0.230. The maximum absolute atomic E-state index is 12.7. The Labute approximate surface area is 142 Å². The zero-order chi connectivity index (χ0) is 17.5. The van der Waals surface area contributed by atoms with E-state index in [1.165, 1.54) is 14.2 Å². The van der Waals surface area contributed by atoms with Crippen LogP contribution in [0.25, 0.3) is 0 Å². The summed E-state index contributed by atoms with van der Waals surface area (Å²) in [5.41, 5.74) is 1.07. The van der Waals surface area contributed by atoms with Crippen LogP contribution in [-0.4, -0.2) is 50.8 Å². The molecule has 1 atom stereocenters. The highest BCUT2D eigenvalue weighted by Crippen LogP contribution is 2.33. The SMILES string of the molecule is C=CN1CCC[C@H]1CNC(=O)c1cc(CC[18F])cc(OC)c1OC. The van der Waals surface area contributed by atoms with E-state index >= 15 is 0 Å². The Morgan fingerprint density at radius 1 is 1.46 bits per heavy atom. The predicted octanol–water partition coefficient (Wildman–Crippen LogP) is 2.55. The van der Waals surface area contributed by atoms with Crippen molar-refractivity contribution in [2.45, 2.75) is 25.3 Å². The summed E-state index contributed by atoms with van der Waals surface area (Å²) in [4.78, 5) is 14.8. The maximum Gasteiger partial charge on any atom is 0.255 e. The molecule has 0 radical (unpaired) electrons. The van der Waals surface area contributed by atoms with Gasteiger partial charge in [0.25, 0.3) is 5.91 Å². The van der Waals surface area contributed by atoms with Crippen LogP contribution in [0.4, 0.5) is 4.39 Å². The molecular weight excluding hydrogens is 310 g/mol. The molecule has 1 N–H and O–H groups in total. The van der Waals surface area contributed by atoms with Crippen LogP contribution in [0.1, 0.15) is 28.8 Å². The molecule has 1 amide bonds. The summed E-state index contributed by atoms with van der Waals surface area (Å²) >= 11 is 0. The fourth-order valence-electron chi connectivity index (χ4n) is 3.07. The number of hydrogen-bond donors (Lipinski definition) is 1. The first-order valence-electron chi connectivity index (χ1n) is 8.12. The molecule has 1 fully saturated rings. The number of alkyl halides is 1. The Balaban J connectivity index is 2.17. The molecule has 1 aliphatic heterocycles. The number of amides is 1. The van der Waals surface area contributed by atoms with E-state index in [0.717, 1.165) is 19.4 Å². The molecule has 0 unspecified atom stereocenters. The van der Waals surface area contributed by atoms with E-state index < -0.39 is 6.67 Å². The topological polar surface area (TPSA) is 50.8 Å². The molecule has 0 aliphatic carbocycles. The maximum atomic E-state index is 12.7. The summed E-state index contributed by atoms with van der Waals surface area (Å²) < 4.78 is 23.3. The lowest BCUT2D eigenvalue weighted by Gasteiger charge is -2.23. The van der Waals surface area contributed by atoms with E-state index in [2.05, 4.69) is 16.8 Å². The molecule has 2 rings (SSSR count).